The third-order valence-corrected chi connectivity index (χ3v) is 3.11. The zero-order valence-corrected chi connectivity index (χ0v) is 11.0. The van der Waals surface area contributed by atoms with Crippen molar-refractivity contribution in [2.24, 2.45) is 5.41 Å². The quantitative estimate of drug-likeness (QED) is 0.657. The Hall–Kier alpha value is -1.97. The lowest BCUT2D eigenvalue weighted by molar-refractivity contribution is -0.127. The Morgan fingerprint density at radius 3 is 2.16 bits per heavy atom. The van der Waals surface area contributed by atoms with Gasteiger partial charge in [0, 0.05) is 24.7 Å². The second-order valence-corrected chi connectivity index (χ2v) is 5.57. The van der Waals surface area contributed by atoms with Gasteiger partial charge in [0.15, 0.2) is 11.6 Å². The molecule has 1 fully saturated rings. The minimum atomic E-state index is -0.329. The van der Waals surface area contributed by atoms with Gasteiger partial charge in [-0.3, -0.25) is 9.59 Å². The molecule has 3 nitrogen and oxygen atoms in total. The minimum Gasteiger partial charge on any atom is -0.361 e. The summed E-state index contributed by atoms with van der Waals surface area (Å²) in [4.78, 5) is 23.8. The second-order valence-electron chi connectivity index (χ2n) is 5.57. The van der Waals surface area contributed by atoms with Gasteiger partial charge in [0.25, 0.3) is 0 Å². The van der Waals surface area contributed by atoms with Gasteiger partial charge in [-0.1, -0.05) is 13.8 Å². The molecule has 4 heteroatoms. The molecule has 1 N–H and O–H groups in total. The second kappa shape index (κ2) is 4.96. The monoisotopic (exact) mass is 261 g/mol. The molecule has 0 radical (unpaired) electrons. The number of anilines is 1. The number of carbonyl (C=O) groups excluding carboxylic acids is 2. The van der Waals surface area contributed by atoms with Crippen molar-refractivity contribution in [3.63, 3.8) is 0 Å². The number of halogens is 1. The highest BCUT2D eigenvalue weighted by atomic mass is 19.1. The number of benzene rings is 1. The normalized spacial score (nSPS) is 18.4. The molecule has 1 aliphatic rings. The molecule has 1 saturated carbocycles. The summed E-state index contributed by atoms with van der Waals surface area (Å²) in [5, 5.41) is 2.86. The molecule has 0 heterocycles. The van der Waals surface area contributed by atoms with Gasteiger partial charge in [0.2, 0.25) is 0 Å². The molecule has 0 saturated heterocycles. The van der Waals surface area contributed by atoms with E-state index in [9.17, 15) is 14.0 Å². The predicted molar refractivity (Wildman–Crippen MR) is 71.1 cm³/mol. The lowest BCUT2D eigenvalue weighted by Gasteiger charge is -2.28. The van der Waals surface area contributed by atoms with Crippen molar-refractivity contribution in [1.29, 1.82) is 0 Å². The summed E-state index contributed by atoms with van der Waals surface area (Å²) in [7, 11) is 0. The smallest absolute Gasteiger partial charge is 0.168 e. The van der Waals surface area contributed by atoms with Crippen molar-refractivity contribution in [1.82, 2.24) is 0 Å². The Labute approximate surface area is 111 Å². The molecule has 0 aromatic heterocycles. The van der Waals surface area contributed by atoms with Crippen molar-refractivity contribution >= 4 is 17.3 Å². The maximum Gasteiger partial charge on any atom is 0.168 e. The highest BCUT2D eigenvalue weighted by molar-refractivity contribution is 6.22. The van der Waals surface area contributed by atoms with Crippen LogP contribution in [0, 0.1) is 11.2 Å². The molecule has 100 valence electrons. The van der Waals surface area contributed by atoms with Crippen LogP contribution in [0.2, 0.25) is 0 Å². The van der Waals surface area contributed by atoms with Crippen LogP contribution in [-0.2, 0) is 9.59 Å². The first-order valence-electron chi connectivity index (χ1n) is 6.16. The van der Waals surface area contributed by atoms with E-state index in [1.807, 2.05) is 13.8 Å². The van der Waals surface area contributed by atoms with Crippen LogP contribution >= 0.6 is 0 Å². The molecule has 0 atom stereocenters. The molecule has 0 spiro atoms. The van der Waals surface area contributed by atoms with Crippen molar-refractivity contribution < 1.29 is 14.0 Å². The number of hydrogen-bond donors (Lipinski definition) is 1. The molecule has 0 amide bonds. The molecular formula is C15H16FNO2. The average Bonchev–Trinajstić information content (AvgIpc) is 2.29. The molecule has 2 rings (SSSR count). The van der Waals surface area contributed by atoms with E-state index in [1.54, 1.807) is 12.1 Å². The Balaban J connectivity index is 2.13. The van der Waals surface area contributed by atoms with E-state index >= 15 is 0 Å². The Kier molecular flexibility index (Phi) is 3.51. The Morgan fingerprint density at radius 2 is 1.63 bits per heavy atom. The van der Waals surface area contributed by atoms with E-state index in [1.165, 1.54) is 18.3 Å². The minimum absolute atomic E-state index is 0.143. The molecule has 0 bridgehead atoms. The molecule has 0 aliphatic heterocycles. The number of allylic oxidation sites excluding steroid dienone is 1. The van der Waals surface area contributed by atoms with Gasteiger partial charge < -0.3 is 5.32 Å². The maximum atomic E-state index is 12.7. The van der Waals surface area contributed by atoms with Gasteiger partial charge >= 0.3 is 0 Å². The summed E-state index contributed by atoms with van der Waals surface area (Å²) in [6, 6.07) is 5.73. The zero-order chi connectivity index (χ0) is 14.0. The fraction of sp³-hybridized carbons (Fsp3) is 0.333. The third kappa shape index (κ3) is 3.28. The molecule has 1 aliphatic carbocycles. The van der Waals surface area contributed by atoms with Gasteiger partial charge in [0.05, 0.1) is 5.57 Å². The Morgan fingerprint density at radius 1 is 1.11 bits per heavy atom. The fourth-order valence-electron chi connectivity index (χ4n) is 2.14. The summed E-state index contributed by atoms with van der Waals surface area (Å²) in [6.07, 6.45) is 2.17. The standard InChI is InChI=1S/C15H16FNO2/c1-15(2)7-13(18)12(14(19)8-15)9-17-11-5-3-10(16)4-6-11/h3-6,9,17H,7-8H2,1-2H3. The van der Waals surface area contributed by atoms with Gasteiger partial charge in [0.1, 0.15) is 5.82 Å². The first-order valence-corrected chi connectivity index (χ1v) is 6.16. The lowest BCUT2D eigenvalue weighted by atomic mass is 9.74. The third-order valence-electron chi connectivity index (χ3n) is 3.11. The molecular weight excluding hydrogens is 245 g/mol. The van der Waals surface area contributed by atoms with Crippen LogP contribution in [0.1, 0.15) is 26.7 Å². The van der Waals surface area contributed by atoms with Crippen LogP contribution in [-0.4, -0.2) is 11.6 Å². The van der Waals surface area contributed by atoms with Gasteiger partial charge in [-0.15, -0.1) is 0 Å². The topological polar surface area (TPSA) is 46.2 Å². The van der Waals surface area contributed by atoms with Crippen molar-refractivity contribution in [2.45, 2.75) is 26.7 Å². The van der Waals surface area contributed by atoms with Gasteiger partial charge in [-0.2, -0.15) is 0 Å². The van der Waals surface area contributed by atoms with Crippen LogP contribution < -0.4 is 5.32 Å². The molecule has 19 heavy (non-hydrogen) atoms. The summed E-state index contributed by atoms with van der Waals surface area (Å²) >= 11 is 0. The van der Waals surface area contributed by atoms with E-state index < -0.39 is 0 Å². The van der Waals surface area contributed by atoms with Crippen LogP contribution in [0.25, 0.3) is 0 Å². The number of ketones is 2. The SMILES string of the molecule is CC1(C)CC(=O)C(=CNc2ccc(F)cc2)C(=O)C1. The molecule has 1 aromatic carbocycles. The van der Waals surface area contributed by atoms with E-state index in [0.29, 0.717) is 18.5 Å². The van der Waals surface area contributed by atoms with Gasteiger partial charge in [-0.05, 0) is 29.7 Å². The predicted octanol–water partition coefficient (Wildman–Crippen LogP) is 3.08. The number of nitrogens with one attached hydrogen (secondary N) is 1. The largest absolute Gasteiger partial charge is 0.361 e. The van der Waals surface area contributed by atoms with E-state index in [2.05, 4.69) is 5.32 Å². The Bertz CT molecular complexity index is 522. The summed E-state index contributed by atoms with van der Waals surface area (Å²) in [5.74, 6) is -0.614. The highest BCUT2D eigenvalue weighted by Gasteiger charge is 2.35. The lowest BCUT2D eigenvalue weighted by Crippen LogP contribution is -2.31. The number of rotatable bonds is 2. The number of Topliss-reactive ketones (excluding diaryl/α,β-unsaturated/α-hetero) is 2. The van der Waals surface area contributed by atoms with Crippen molar-refractivity contribution in [2.75, 3.05) is 5.32 Å². The van der Waals surface area contributed by atoms with Crippen molar-refractivity contribution in [3.05, 3.63) is 41.9 Å². The van der Waals surface area contributed by atoms with Crippen LogP contribution in [0.4, 0.5) is 10.1 Å². The zero-order valence-electron chi connectivity index (χ0n) is 11.0. The first kappa shape index (κ1) is 13.5. The van der Waals surface area contributed by atoms with Gasteiger partial charge in [-0.25, -0.2) is 4.39 Å². The summed E-state index contributed by atoms with van der Waals surface area (Å²) in [5.41, 5.74) is 0.574. The van der Waals surface area contributed by atoms with Crippen LogP contribution in [0.15, 0.2) is 36.0 Å². The highest BCUT2D eigenvalue weighted by Crippen LogP contribution is 2.33. The number of carbonyl (C=O) groups is 2. The first-order chi connectivity index (χ1) is 8.87. The van der Waals surface area contributed by atoms with E-state index in [-0.39, 0.29) is 28.4 Å². The van der Waals surface area contributed by atoms with Crippen LogP contribution in [0.5, 0.6) is 0 Å². The summed E-state index contributed by atoms with van der Waals surface area (Å²) < 4.78 is 12.7. The molecule has 1 aromatic rings. The maximum absolute atomic E-state index is 12.7. The fourth-order valence-corrected chi connectivity index (χ4v) is 2.14. The molecule has 0 unspecified atom stereocenters. The van der Waals surface area contributed by atoms with E-state index in [0.717, 1.165) is 0 Å². The van der Waals surface area contributed by atoms with E-state index in [4.69, 9.17) is 0 Å². The summed E-state index contributed by atoms with van der Waals surface area (Å²) in [6.45, 7) is 3.82. The van der Waals surface area contributed by atoms with Crippen LogP contribution in [0.3, 0.4) is 0 Å². The van der Waals surface area contributed by atoms with Crippen molar-refractivity contribution in [3.8, 4) is 0 Å². The number of hydrogen-bond acceptors (Lipinski definition) is 3. The average molecular weight is 261 g/mol.